The van der Waals surface area contributed by atoms with Gasteiger partial charge in [-0.2, -0.15) is 0 Å². The number of hydrogen-bond acceptors (Lipinski definition) is 5. The van der Waals surface area contributed by atoms with Crippen molar-refractivity contribution in [1.29, 1.82) is 0 Å². The lowest BCUT2D eigenvalue weighted by molar-refractivity contribution is -0.115. The standard InChI is InChI=1S/C22H24N4O2S2/c1-5-26-9-8-15-10-16(6-7-17(15)26)23-20(27)14(4)29-11-18-24-21(28)19-12(2)13(3)30-22(19)25-18/h6-10,14H,5,11H2,1-4H3,(H,23,27)(H,24,25,28). The van der Waals surface area contributed by atoms with E-state index in [0.717, 1.165) is 38.4 Å². The lowest BCUT2D eigenvalue weighted by Crippen LogP contribution is -2.23. The third-order valence-electron chi connectivity index (χ3n) is 5.31. The molecule has 6 nitrogen and oxygen atoms in total. The van der Waals surface area contributed by atoms with Crippen molar-refractivity contribution in [2.45, 2.75) is 45.2 Å². The lowest BCUT2D eigenvalue weighted by Gasteiger charge is -2.12. The number of nitrogens with one attached hydrogen (secondary N) is 2. The molecule has 3 aromatic heterocycles. The number of anilines is 1. The number of carbonyl (C=O) groups excluding carboxylic acids is 1. The number of aromatic nitrogens is 3. The molecule has 3 heterocycles. The second-order valence-electron chi connectivity index (χ2n) is 7.29. The van der Waals surface area contributed by atoms with Crippen LogP contribution in [0, 0.1) is 13.8 Å². The van der Waals surface area contributed by atoms with E-state index in [2.05, 4.69) is 39.0 Å². The molecule has 1 aromatic carbocycles. The van der Waals surface area contributed by atoms with E-state index < -0.39 is 0 Å². The van der Waals surface area contributed by atoms with Crippen LogP contribution < -0.4 is 10.9 Å². The first-order chi connectivity index (χ1) is 14.4. The van der Waals surface area contributed by atoms with Crippen LogP contribution in [-0.2, 0) is 17.1 Å². The number of aryl methyl sites for hydroxylation is 3. The number of thiophene rings is 1. The van der Waals surface area contributed by atoms with Crippen LogP contribution in [0.25, 0.3) is 21.1 Å². The smallest absolute Gasteiger partial charge is 0.259 e. The second kappa shape index (κ2) is 8.28. The van der Waals surface area contributed by atoms with Gasteiger partial charge >= 0.3 is 0 Å². The molecule has 0 aliphatic heterocycles. The molecular weight excluding hydrogens is 416 g/mol. The Balaban J connectivity index is 1.42. The Morgan fingerprint density at radius 2 is 2.13 bits per heavy atom. The molecule has 0 saturated heterocycles. The number of aromatic amines is 1. The molecule has 4 rings (SSSR count). The summed E-state index contributed by atoms with van der Waals surface area (Å²) in [6, 6.07) is 8.00. The van der Waals surface area contributed by atoms with Gasteiger partial charge in [-0.3, -0.25) is 9.59 Å². The van der Waals surface area contributed by atoms with Gasteiger partial charge in [-0.1, -0.05) is 0 Å². The molecule has 1 unspecified atom stereocenters. The van der Waals surface area contributed by atoms with Crippen molar-refractivity contribution in [3.8, 4) is 0 Å². The van der Waals surface area contributed by atoms with E-state index in [0.29, 0.717) is 17.0 Å². The Morgan fingerprint density at radius 1 is 1.33 bits per heavy atom. The van der Waals surface area contributed by atoms with Gasteiger partial charge in [0.2, 0.25) is 5.91 Å². The molecular formula is C22H24N4O2S2. The van der Waals surface area contributed by atoms with Crippen LogP contribution in [-0.4, -0.2) is 25.7 Å². The Morgan fingerprint density at radius 3 is 2.90 bits per heavy atom. The number of amides is 1. The summed E-state index contributed by atoms with van der Waals surface area (Å²) in [6.07, 6.45) is 2.05. The molecule has 0 spiro atoms. The minimum atomic E-state index is -0.284. The van der Waals surface area contributed by atoms with Crippen LogP contribution in [0.2, 0.25) is 0 Å². The monoisotopic (exact) mass is 440 g/mol. The summed E-state index contributed by atoms with van der Waals surface area (Å²) in [5.41, 5.74) is 2.82. The summed E-state index contributed by atoms with van der Waals surface area (Å²) >= 11 is 2.98. The molecule has 0 bridgehead atoms. The average Bonchev–Trinajstić information content (AvgIpc) is 3.26. The van der Waals surface area contributed by atoms with Crippen molar-refractivity contribution in [2.24, 2.45) is 0 Å². The number of fused-ring (bicyclic) bond motifs is 2. The van der Waals surface area contributed by atoms with Crippen LogP contribution in [0.1, 0.15) is 30.1 Å². The Hall–Kier alpha value is -2.58. The van der Waals surface area contributed by atoms with Crippen molar-refractivity contribution in [3.63, 3.8) is 0 Å². The molecule has 4 aromatic rings. The summed E-state index contributed by atoms with van der Waals surface area (Å²) in [4.78, 5) is 34.3. The highest BCUT2D eigenvalue weighted by Gasteiger charge is 2.16. The first-order valence-corrected chi connectivity index (χ1v) is 11.7. The molecule has 0 radical (unpaired) electrons. The van der Waals surface area contributed by atoms with E-state index in [-0.39, 0.29) is 16.7 Å². The topological polar surface area (TPSA) is 79.8 Å². The first kappa shape index (κ1) is 20.7. The average molecular weight is 441 g/mol. The molecule has 1 atom stereocenters. The van der Waals surface area contributed by atoms with Gasteiger partial charge < -0.3 is 14.9 Å². The first-order valence-electron chi connectivity index (χ1n) is 9.87. The van der Waals surface area contributed by atoms with E-state index in [4.69, 9.17) is 0 Å². The number of benzene rings is 1. The molecule has 0 aliphatic carbocycles. The van der Waals surface area contributed by atoms with E-state index >= 15 is 0 Å². The van der Waals surface area contributed by atoms with Crippen LogP contribution in [0.4, 0.5) is 5.69 Å². The maximum Gasteiger partial charge on any atom is 0.259 e. The van der Waals surface area contributed by atoms with Gasteiger partial charge in [0.15, 0.2) is 0 Å². The Labute approximate surface area is 182 Å². The number of H-pyrrole nitrogens is 1. The zero-order chi connectivity index (χ0) is 21.4. The highest BCUT2D eigenvalue weighted by Crippen LogP contribution is 2.27. The van der Waals surface area contributed by atoms with Crippen LogP contribution in [0.15, 0.2) is 35.3 Å². The fraction of sp³-hybridized carbons (Fsp3) is 0.318. The van der Waals surface area contributed by atoms with Crippen LogP contribution in [0.5, 0.6) is 0 Å². The van der Waals surface area contributed by atoms with Gasteiger partial charge in [-0.05, 0) is 57.5 Å². The summed E-state index contributed by atoms with van der Waals surface area (Å²) in [5.74, 6) is 0.995. The summed E-state index contributed by atoms with van der Waals surface area (Å²) in [5, 5.41) is 4.48. The zero-order valence-electron chi connectivity index (χ0n) is 17.4. The van der Waals surface area contributed by atoms with E-state index in [9.17, 15) is 9.59 Å². The number of hydrogen-bond donors (Lipinski definition) is 2. The Kier molecular flexibility index (Phi) is 5.71. The number of carbonyl (C=O) groups is 1. The number of thioether (sulfide) groups is 1. The largest absolute Gasteiger partial charge is 0.348 e. The maximum absolute atomic E-state index is 12.6. The fourth-order valence-corrected chi connectivity index (χ4v) is 5.25. The summed E-state index contributed by atoms with van der Waals surface area (Å²) in [6.45, 7) is 8.82. The molecule has 30 heavy (non-hydrogen) atoms. The summed E-state index contributed by atoms with van der Waals surface area (Å²) in [7, 11) is 0. The van der Waals surface area contributed by atoms with E-state index in [1.165, 1.54) is 23.1 Å². The van der Waals surface area contributed by atoms with Crippen molar-refractivity contribution in [2.75, 3.05) is 5.32 Å². The number of rotatable bonds is 6. The van der Waals surface area contributed by atoms with Gasteiger partial charge in [-0.15, -0.1) is 23.1 Å². The van der Waals surface area contributed by atoms with Crippen molar-refractivity contribution in [1.82, 2.24) is 14.5 Å². The minimum Gasteiger partial charge on any atom is -0.348 e. The lowest BCUT2D eigenvalue weighted by atomic mass is 10.2. The van der Waals surface area contributed by atoms with Crippen molar-refractivity contribution < 1.29 is 4.79 Å². The molecule has 0 fully saturated rings. The zero-order valence-corrected chi connectivity index (χ0v) is 19.0. The fourth-order valence-electron chi connectivity index (χ4n) is 3.44. The van der Waals surface area contributed by atoms with Gasteiger partial charge in [-0.25, -0.2) is 4.98 Å². The molecule has 8 heteroatoms. The third-order valence-corrected chi connectivity index (χ3v) is 7.56. The van der Waals surface area contributed by atoms with Crippen molar-refractivity contribution in [3.05, 3.63) is 57.1 Å². The third kappa shape index (κ3) is 3.89. The van der Waals surface area contributed by atoms with Crippen LogP contribution in [0.3, 0.4) is 0 Å². The predicted octanol–water partition coefficient (Wildman–Crippen LogP) is 4.84. The van der Waals surface area contributed by atoms with Crippen LogP contribution >= 0.6 is 23.1 Å². The van der Waals surface area contributed by atoms with E-state index in [1.54, 1.807) is 0 Å². The molecule has 2 N–H and O–H groups in total. The molecule has 0 aliphatic rings. The number of nitrogens with zero attached hydrogens (tertiary/aromatic N) is 2. The predicted molar refractivity (Wildman–Crippen MR) is 127 cm³/mol. The van der Waals surface area contributed by atoms with Gasteiger partial charge in [0.1, 0.15) is 10.7 Å². The van der Waals surface area contributed by atoms with Crippen molar-refractivity contribution >= 4 is 55.8 Å². The highest BCUT2D eigenvalue weighted by atomic mass is 32.2. The second-order valence-corrected chi connectivity index (χ2v) is 9.83. The molecule has 0 saturated carbocycles. The quantitative estimate of drug-likeness (QED) is 0.450. The molecule has 1 amide bonds. The van der Waals surface area contributed by atoms with E-state index in [1.807, 2.05) is 39.0 Å². The molecule has 156 valence electrons. The van der Waals surface area contributed by atoms with Gasteiger partial charge in [0.25, 0.3) is 5.56 Å². The van der Waals surface area contributed by atoms with Gasteiger partial charge in [0.05, 0.1) is 16.4 Å². The van der Waals surface area contributed by atoms with Gasteiger partial charge in [0, 0.05) is 34.2 Å². The maximum atomic E-state index is 12.6. The minimum absolute atomic E-state index is 0.0690. The summed E-state index contributed by atoms with van der Waals surface area (Å²) < 4.78 is 2.17. The Bertz CT molecular complexity index is 1300. The highest BCUT2D eigenvalue weighted by molar-refractivity contribution is 7.99. The SMILES string of the molecule is CCn1ccc2cc(NC(=O)C(C)SCc3nc4sc(C)c(C)c4c(=O)[nH]3)ccc21. The normalized spacial score (nSPS) is 12.5.